The Kier molecular flexibility index (Phi) is 9.11. The van der Waals surface area contributed by atoms with Crippen LogP contribution in [0.1, 0.15) is 49.9 Å². The van der Waals surface area contributed by atoms with Crippen LogP contribution in [0.15, 0.2) is 48.5 Å². The van der Waals surface area contributed by atoms with Crippen molar-refractivity contribution in [1.82, 2.24) is 5.32 Å². The van der Waals surface area contributed by atoms with E-state index in [0.29, 0.717) is 30.0 Å². The van der Waals surface area contributed by atoms with Crippen molar-refractivity contribution in [3.8, 4) is 5.75 Å². The number of rotatable bonds is 9. The number of ether oxygens (including phenoxy) is 1. The molecular formula is C22H27N3O3S. The monoisotopic (exact) mass is 413 g/mol. The Morgan fingerprint density at radius 1 is 0.966 bits per heavy atom. The molecule has 0 spiro atoms. The lowest BCUT2D eigenvalue weighted by molar-refractivity contribution is -0.116. The number of thiocarbonyl (C=S) groups is 1. The Hall–Kier alpha value is -2.93. The second kappa shape index (κ2) is 11.8. The highest BCUT2D eigenvalue weighted by Crippen LogP contribution is 2.16. The minimum absolute atomic E-state index is 0.0392. The van der Waals surface area contributed by atoms with Crippen LogP contribution in [0.5, 0.6) is 5.75 Å². The molecule has 154 valence electrons. The number of benzene rings is 2. The molecule has 3 N–H and O–H groups in total. The molecule has 2 aromatic rings. The van der Waals surface area contributed by atoms with Gasteiger partial charge in [0.25, 0.3) is 5.91 Å². The van der Waals surface area contributed by atoms with Crippen LogP contribution in [0, 0.1) is 0 Å². The summed E-state index contributed by atoms with van der Waals surface area (Å²) in [5.74, 6) is 0.385. The maximum atomic E-state index is 12.4. The van der Waals surface area contributed by atoms with Crippen molar-refractivity contribution in [3.63, 3.8) is 0 Å². The minimum atomic E-state index is -0.310. The van der Waals surface area contributed by atoms with E-state index in [-0.39, 0.29) is 16.9 Å². The lowest BCUT2D eigenvalue weighted by Crippen LogP contribution is -2.34. The third kappa shape index (κ3) is 7.91. The smallest absolute Gasteiger partial charge is 0.257 e. The van der Waals surface area contributed by atoms with Gasteiger partial charge in [0.05, 0.1) is 6.61 Å². The van der Waals surface area contributed by atoms with Gasteiger partial charge in [0, 0.05) is 23.4 Å². The molecule has 2 amide bonds. The highest BCUT2D eigenvalue weighted by Gasteiger charge is 2.09. The maximum absolute atomic E-state index is 12.4. The molecule has 2 rings (SSSR count). The number of hydrogen-bond acceptors (Lipinski definition) is 4. The normalized spacial score (nSPS) is 10.1. The van der Waals surface area contributed by atoms with Crippen molar-refractivity contribution in [2.75, 3.05) is 17.2 Å². The zero-order valence-corrected chi connectivity index (χ0v) is 17.6. The Bertz CT molecular complexity index is 837. The van der Waals surface area contributed by atoms with Crippen molar-refractivity contribution in [2.45, 2.75) is 39.5 Å². The maximum Gasteiger partial charge on any atom is 0.257 e. The number of amides is 2. The summed E-state index contributed by atoms with van der Waals surface area (Å²) in [6, 6.07) is 14.1. The molecule has 0 heterocycles. The van der Waals surface area contributed by atoms with Crippen molar-refractivity contribution in [1.29, 1.82) is 0 Å². The molecule has 0 bridgehead atoms. The highest BCUT2D eigenvalue weighted by molar-refractivity contribution is 7.80. The minimum Gasteiger partial charge on any atom is -0.494 e. The van der Waals surface area contributed by atoms with Gasteiger partial charge in [-0.05, 0) is 67.5 Å². The Morgan fingerprint density at radius 3 is 2.31 bits per heavy atom. The molecule has 0 aliphatic heterocycles. The second-order valence-corrected chi connectivity index (χ2v) is 6.92. The fourth-order valence-electron chi connectivity index (χ4n) is 2.50. The fraction of sp³-hybridized carbons (Fsp3) is 0.318. The third-order valence-corrected chi connectivity index (χ3v) is 4.20. The molecule has 0 fully saturated rings. The average Bonchev–Trinajstić information content (AvgIpc) is 2.69. The first kappa shape index (κ1) is 22.4. The first-order valence-electron chi connectivity index (χ1n) is 9.77. The summed E-state index contributed by atoms with van der Waals surface area (Å²) >= 11 is 5.23. The summed E-state index contributed by atoms with van der Waals surface area (Å²) in [4.78, 5) is 24.1. The van der Waals surface area contributed by atoms with Crippen LogP contribution in [0.3, 0.4) is 0 Å². The van der Waals surface area contributed by atoms with Gasteiger partial charge in [-0.15, -0.1) is 0 Å². The lowest BCUT2D eigenvalue weighted by atomic mass is 10.2. The van der Waals surface area contributed by atoms with E-state index in [1.54, 1.807) is 48.5 Å². The molecule has 2 aromatic carbocycles. The Morgan fingerprint density at radius 2 is 1.66 bits per heavy atom. The number of unbranched alkanes of at least 4 members (excludes halogenated alkanes) is 1. The summed E-state index contributed by atoms with van der Waals surface area (Å²) in [7, 11) is 0. The second-order valence-electron chi connectivity index (χ2n) is 6.51. The van der Waals surface area contributed by atoms with Gasteiger partial charge in [-0.25, -0.2) is 0 Å². The van der Waals surface area contributed by atoms with Crippen molar-refractivity contribution in [2.24, 2.45) is 0 Å². The Balaban J connectivity index is 1.88. The first-order valence-corrected chi connectivity index (χ1v) is 10.2. The van der Waals surface area contributed by atoms with Crippen molar-refractivity contribution >= 4 is 40.5 Å². The summed E-state index contributed by atoms with van der Waals surface area (Å²) in [6.45, 7) is 4.71. The van der Waals surface area contributed by atoms with Crippen molar-refractivity contribution < 1.29 is 14.3 Å². The molecule has 0 aliphatic carbocycles. The number of carbonyl (C=O) groups excluding carboxylic acids is 2. The van der Waals surface area contributed by atoms with E-state index < -0.39 is 0 Å². The fourth-order valence-corrected chi connectivity index (χ4v) is 2.71. The van der Waals surface area contributed by atoms with E-state index >= 15 is 0 Å². The molecule has 0 saturated carbocycles. The van der Waals surface area contributed by atoms with Crippen LogP contribution in [0.2, 0.25) is 0 Å². The topological polar surface area (TPSA) is 79.5 Å². The van der Waals surface area contributed by atoms with Crippen LogP contribution in [-0.4, -0.2) is 23.5 Å². The summed E-state index contributed by atoms with van der Waals surface area (Å²) < 4.78 is 5.60. The standard InChI is InChI=1S/C22H27N3O3S/c1-3-5-14-28-19-12-10-16(11-13-19)21(27)25-22(29)24-18-9-6-8-17(15-18)23-20(26)7-4-2/h6,8-13,15H,3-5,7,14H2,1-2H3,(H,23,26)(H2,24,25,27,29). The molecule has 0 atom stereocenters. The zero-order chi connectivity index (χ0) is 21.1. The van der Waals surface area contributed by atoms with Gasteiger partial charge in [-0.2, -0.15) is 0 Å². The molecule has 0 saturated heterocycles. The van der Waals surface area contributed by atoms with Gasteiger partial charge in [-0.3, -0.25) is 14.9 Å². The Labute approximate surface area is 177 Å². The molecule has 7 heteroatoms. The predicted octanol–water partition coefficient (Wildman–Crippen LogP) is 4.73. The molecule has 0 aromatic heterocycles. The quantitative estimate of drug-likeness (QED) is 0.409. The molecule has 0 radical (unpaired) electrons. The summed E-state index contributed by atoms with van der Waals surface area (Å²) in [6.07, 6.45) is 3.31. The molecule has 29 heavy (non-hydrogen) atoms. The SMILES string of the molecule is CCCCOc1ccc(C(=O)NC(=S)Nc2cccc(NC(=O)CCC)c2)cc1. The zero-order valence-electron chi connectivity index (χ0n) is 16.8. The average molecular weight is 414 g/mol. The summed E-state index contributed by atoms with van der Waals surface area (Å²) in [5.41, 5.74) is 1.82. The third-order valence-electron chi connectivity index (χ3n) is 3.99. The van der Waals surface area contributed by atoms with E-state index in [1.165, 1.54) is 0 Å². The van der Waals surface area contributed by atoms with Gasteiger partial charge in [0.2, 0.25) is 5.91 Å². The number of nitrogens with one attached hydrogen (secondary N) is 3. The molecule has 0 aliphatic rings. The van der Waals surface area contributed by atoms with E-state index in [2.05, 4.69) is 22.9 Å². The van der Waals surface area contributed by atoms with E-state index in [4.69, 9.17) is 17.0 Å². The number of carbonyl (C=O) groups is 2. The van der Waals surface area contributed by atoms with Crippen LogP contribution in [-0.2, 0) is 4.79 Å². The number of hydrogen-bond donors (Lipinski definition) is 3. The van der Waals surface area contributed by atoms with Crippen LogP contribution < -0.4 is 20.7 Å². The van der Waals surface area contributed by atoms with Crippen LogP contribution in [0.4, 0.5) is 11.4 Å². The van der Waals surface area contributed by atoms with Gasteiger partial charge in [0.15, 0.2) is 5.11 Å². The predicted molar refractivity (Wildman–Crippen MR) is 121 cm³/mol. The molecular weight excluding hydrogens is 386 g/mol. The molecule has 0 unspecified atom stereocenters. The summed E-state index contributed by atoms with van der Waals surface area (Å²) in [5, 5.41) is 8.61. The van der Waals surface area contributed by atoms with E-state index in [0.717, 1.165) is 25.0 Å². The van der Waals surface area contributed by atoms with E-state index in [1.807, 2.05) is 6.92 Å². The van der Waals surface area contributed by atoms with Gasteiger partial charge in [0.1, 0.15) is 5.75 Å². The lowest BCUT2D eigenvalue weighted by Gasteiger charge is -2.12. The van der Waals surface area contributed by atoms with Crippen molar-refractivity contribution in [3.05, 3.63) is 54.1 Å². The van der Waals surface area contributed by atoms with E-state index in [9.17, 15) is 9.59 Å². The van der Waals surface area contributed by atoms with Gasteiger partial charge >= 0.3 is 0 Å². The van der Waals surface area contributed by atoms with Crippen LogP contribution >= 0.6 is 12.2 Å². The van der Waals surface area contributed by atoms with Crippen LogP contribution in [0.25, 0.3) is 0 Å². The van der Waals surface area contributed by atoms with Gasteiger partial charge in [-0.1, -0.05) is 26.3 Å². The highest BCUT2D eigenvalue weighted by atomic mass is 32.1. The number of anilines is 2. The van der Waals surface area contributed by atoms with Gasteiger partial charge < -0.3 is 15.4 Å². The largest absolute Gasteiger partial charge is 0.494 e. The molecule has 6 nitrogen and oxygen atoms in total. The first-order chi connectivity index (χ1) is 14.0.